The molecule has 0 aromatic carbocycles. The topological polar surface area (TPSA) is 89.1 Å². The van der Waals surface area contributed by atoms with Crippen LogP contribution in [0, 0.1) is 11.3 Å². The first-order valence-corrected chi connectivity index (χ1v) is 13.2. The number of alkyl halides is 3. The quantitative estimate of drug-likeness (QED) is 0.604. The summed E-state index contributed by atoms with van der Waals surface area (Å²) in [6, 6.07) is 1.16. The second kappa shape index (κ2) is 11.0. The van der Waals surface area contributed by atoms with Gasteiger partial charge in [0, 0.05) is 58.7 Å². The van der Waals surface area contributed by atoms with Crippen molar-refractivity contribution >= 4 is 11.9 Å². The normalized spacial score (nSPS) is 33.2. The van der Waals surface area contributed by atoms with Crippen LogP contribution in [0.25, 0.3) is 0 Å². The molecule has 0 bridgehead atoms. The minimum Gasteiger partial charge on any atom is -0.381 e. The lowest BCUT2D eigenvalue weighted by Crippen LogP contribution is -2.55. The van der Waals surface area contributed by atoms with Crippen molar-refractivity contribution in [1.29, 1.82) is 0 Å². The van der Waals surface area contributed by atoms with Gasteiger partial charge in [0.05, 0.1) is 18.1 Å². The fourth-order valence-corrected chi connectivity index (χ4v) is 6.46. The average molecular weight is 528 g/mol. The number of aromatic nitrogens is 2. The monoisotopic (exact) mass is 527 g/mol. The van der Waals surface area contributed by atoms with Crippen molar-refractivity contribution in [2.75, 3.05) is 58.0 Å². The van der Waals surface area contributed by atoms with Gasteiger partial charge in [-0.2, -0.15) is 13.2 Å². The largest absolute Gasteiger partial charge is 0.433 e. The van der Waals surface area contributed by atoms with Crippen LogP contribution >= 0.6 is 0 Å². The van der Waals surface area contributed by atoms with E-state index in [1.54, 1.807) is 12.0 Å². The van der Waals surface area contributed by atoms with Gasteiger partial charge in [-0.15, -0.1) is 0 Å². The SMILES string of the molecule is COC1OCCC[C@H]1N[C@@H]1CC[C@@](C(=O)N2CCN(c3nccc(C(F)(F)F)n3)CC2)([C@H]2CCOC2)C1. The number of nitrogens with zero attached hydrogens (tertiary/aromatic N) is 4. The molecular weight excluding hydrogens is 491 g/mol. The van der Waals surface area contributed by atoms with Gasteiger partial charge in [0.25, 0.3) is 0 Å². The smallest absolute Gasteiger partial charge is 0.381 e. The van der Waals surface area contributed by atoms with Gasteiger partial charge in [-0.05, 0) is 50.5 Å². The van der Waals surface area contributed by atoms with Crippen molar-refractivity contribution < 1.29 is 32.2 Å². The van der Waals surface area contributed by atoms with E-state index < -0.39 is 17.3 Å². The highest BCUT2D eigenvalue weighted by atomic mass is 19.4. The first kappa shape index (κ1) is 26.6. The summed E-state index contributed by atoms with van der Waals surface area (Å²) in [4.78, 5) is 25.4. The van der Waals surface area contributed by atoms with Gasteiger partial charge in [-0.1, -0.05) is 0 Å². The Hall–Kier alpha value is -2.02. The molecule has 1 aromatic rings. The highest BCUT2D eigenvalue weighted by molar-refractivity contribution is 5.84. The number of anilines is 1. The number of piperazine rings is 1. The molecule has 9 nitrogen and oxygen atoms in total. The van der Waals surface area contributed by atoms with Gasteiger partial charge in [0.2, 0.25) is 11.9 Å². The molecule has 1 aromatic heterocycles. The predicted molar refractivity (Wildman–Crippen MR) is 128 cm³/mol. The fraction of sp³-hybridized carbons (Fsp3) is 0.800. The summed E-state index contributed by atoms with van der Waals surface area (Å²) < 4.78 is 56.3. The van der Waals surface area contributed by atoms with Gasteiger partial charge in [-0.25, -0.2) is 9.97 Å². The maximum atomic E-state index is 14.1. The lowest BCUT2D eigenvalue weighted by atomic mass is 9.72. The van der Waals surface area contributed by atoms with E-state index in [2.05, 4.69) is 15.3 Å². The molecule has 0 spiro atoms. The van der Waals surface area contributed by atoms with Crippen molar-refractivity contribution in [1.82, 2.24) is 20.2 Å². The van der Waals surface area contributed by atoms with Crippen LogP contribution in [0.4, 0.5) is 19.1 Å². The van der Waals surface area contributed by atoms with Gasteiger partial charge in [0.1, 0.15) is 5.69 Å². The first-order valence-electron chi connectivity index (χ1n) is 13.2. The minimum atomic E-state index is -4.52. The highest BCUT2D eigenvalue weighted by Gasteiger charge is 2.53. The second-order valence-corrected chi connectivity index (χ2v) is 10.6. The average Bonchev–Trinajstić information content (AvgIpc) is 3.60. The number of ether oxygens (including phenoxy) is 3. The van der Waals surface area contributed by atoms with E-state index in [9.17, 15) is 18.0 Å². The Bertz CT molecular complexity index is 939. The second-order valence-electron chi connectivity index (χ2n) is 10.6. The molecule has 5 rings (SSSR count). The lowest BCUT2D eigenvalue weighted by molar-refractivity contribution is -0.164. The summed E-state index contributed by atoms with van der Waals surface area (Å²) in [6.45, 7) is 3.58. The van der Waals surface area contributed by atoms with E-state index in [0.29, 0.717) is 46.0 Å². The molecule has 206 valence electrons. The Morgan fingerprint density at radius 2 is 2.00 bits per heavy atom. The summed E-state index contributed by atoms with van der Waals surface area (Å²) in [6.07, 6.45) is 1.58. The molecule has 12 heteroatoms. The van der Waals surface area contributed by atoms with E-state index >= 15 is 0 Å². The van der Waals surface area contributed by atoms with Crippen LogP contribution in [0.1, 0.15) is 44.2 Å². The molecule has 3 aliphatic heterocycles. The Balaban J connectivity index is 1.25. The van der Waals surface area contributed by atoms with Gasteiger partial charge < -0.3 is 29.3 Å². The molecule has 4 heterocycles. The Labute approximate surface area is 215 Å². The molecule has 37 heavy (non-hydrogen) atoms. The third kappa shape index (κ3) is 5.57. The van der Waals surface area contributed by atoms with Gasteiger partial charge in [0.15, 0.2) is 6.29 Å². The van der Waals surface area contributed by atoms with Crippen LogP contribution in [0.2, 0.25) is 0 Å². The number of amides is 1. The van der Waals surface area contributed by atoms with Crippen molar-refractivity contribution in [3.63, 3.8) is 0 Å². The molecule has 1 unspecified atom stereocenters. The summed E-state index contributed by atoms with van der Waals surface area (Å²) >= 11 is 0. The molecule has 4 aliphatic rings. The summed E-state index contributed by atoms with van der Waals surface area (Å²) in [5.41, 5.74) is -1.46. The molecule has 1 amide bonds. The van der Waals surface area contributed by atoms with Gasteiger partial charge in [-0.3, -0.25) is 4.79 Å². The number of nitrogens with one attached hydrogen (secondary N) is 1. The van der Waals surface area contributed by atoms with Crippen LogP contribution in [0.3, 0.4) is 0 Å². The molecule has 3 saturated heterocycles. The van der Waals surface area contributed by atoms with Gasteiger partial charge >= 0.3 is 6.18 Å². The molecule has 4 fully saturated rings. The zero-order chi connectivity index (χ0) is 26.0. The Morgan fingerprint density at radius 3 is 2.70 bits per heavy atom. The number of hydrogen-bond donors (Lipinski definition) is 1. The highest BCUT2D eigenvalue weighted by Crippen LogP contribution is 2.49. The summed E-state index contributed by atoms with van der Waals surface area (Å²) in [7, 11) is 1.66. The van der Waals surface area contributed by atoms with E-state index in [0.717, 1.165) is 50.8 Å². The van der Waals surface area contributed by atoms with Crippen LogP contribution in [0.15, 0.2) is 12.3 Å². The molecule has 1 N–H and O–H groups in total. The Morgan fingerprint density at radius 1 is 1.19 bits per heavy atom. The maximum absolute atomic E-state index is 14.1. The number of hydrogen-bond acceptors (Lipinski definition) is 8. The molecule has 5 atom stereocenters. The van der Waals surface area contributed by atoms with Crippen molar-refractivity contribution in [3.8, 4) is 0 Å². The Kier molecular flexibility index (Phi) is 7.90. The standard InChI is InChI=1S/C25H36F3N5O4/c1-35-21-19(3-2-13-37-21)30-18-4-7-24(15-18,17-6-14-36-16-17)22(34)32-9-11-33(12-10-32)23-29-8-5-20(31-23)25(26,27)28/h5,8,17-19,21,30H,2-4,6-7,9-16H2,1H3/t17-,18+,19+,21?,24-/m0/s1. The minimum absolute atomic E-state index is 0.0494. The number of rotatable bonds is 6. The maximum Gasteiger partial charge on any atom is 0.433 e. The number of methoxy groups -OCH3 is 1. The third-order valence-corrected chi connectivity index (χ3v) is 8.42. The van der Waals surface area contributed by atoms with Crippen LogP contribution in [0.5, 0.6) is 0 Å². The third-order valence-electron chi connectivity index (χ3n) is 8.42. The van der Waals surface area contributed by atoms with E-state index in [4.69, 9.17) is 14.2 Å². The predicted octanol–water partition coefficient (Wildman–Crippen LogP) is 2.46. The van der Waals surface area contributed by atoms with Crippen molar-refractivity contribution in [2.45, 2.75) is 63.1 Å². The van der Waals surface area contributed by atoms with Crippen LogP contribution < -0.4 is 10.2 Å². The summed E-state index contributed by atoms with van der Waals surface area (Å²) in [5.74, 6) is 0.353. The van der Waals surface area contributed by atoms with Crippen LogP contribution in [-0.2, 0) is 25.2 Å². The lowest BCUT2D eigenvalue weighted by Gasteiger charge is -2.42. The number of halogens is 3. The van der Waals surface area contributed by atoms with Crippen LogP contribution in [-0.4, -0.2) is 92.3 Å². The zero-order valence-electron chi connectivity index (χ0n) is 21.2. The molecule has 0 radical (unpaired) electrons. The van der Waals surface area contributed by atoms with E-state index in [-0.39, 0.29) is 36.1 Å². The van der Waals surface area contributed by atoms with E-state index in [1.165, 1.54) is 0 Å². The number of carbonyl (C=O) groups excluding carboxylic acids is 1. The molecular formula is C25H36F3N5O4. The molecule has 1 saturated carbocycles. The van der Waals surface area contributed by atoms with Crippen molar-refractivity contribution in [2.24, 2.45) is 11.3 Å². The molecule has 1 aliphatic carbocycles. The first-order chi connectivity index (χ1) is 17.8. The fourth-order valence-electron chi connectivity index (χ4n) is 6.46. The van der Waals surface area contributed by atoms with E-state index in [1.807, 2.05) is 4.90 Å². The van der Waals surface area contributed by atoms with Crippen molar-refractivity contribution in [3.05, 3.63) is 18.0 Å². The zero-order valence-corrected chi connectivity index (χ0v) is 21.2. The summed E-state index contributed by atoms with van der Waals surface area (Å²) in [5, 5.41) is 3.72. The number of carbonyl (C=O) groups is 1.